The van der Waals surface area contributed by atoms with E-state index >= 15 is 0 Å². The lowest BCUT2D eigenvalue weighted by Gasteiger charge is -2.23. The molecule has 1 unspecified atom stereocenters. The zero-order chi connectivity index (χ0) is 19.8. The van der Waals surface area contributed by atoms with E-state index in [4.69, 9.17) is 16.0 Å². The number of Topliss-reactive ketones (excluding diaryl/α,β-unsaturated/α-hetero) is 1. The highest BCUT2D eigenvalue weighted by molar-refractivity contribution is 6.51. The number of amides is 1. The number of furan rings is 1. The van der Waals surface area contributed by atoms with Crippen molar-refractivity contribution in [2.24, 2.45) is 0 Å². The first kappa shape index (κ1) is 18.1. The Labute approximate surface area is 166 Å². The minimum atomic E-state index is -0.894. The van der Waals surface area contributed by atoms with E-state index in [0.717, 1.165) is 5.56 Å². The third-order valence-corrected chi connectivity index (χ3v) is 5.15. The summed E-state index contributed by atoms with van der Waals surface area (Å²) in [4.78, 5) is 27.1. The molecule has 0 aliphatic carbocycles. The predicted octanol–water partition coefficient (Wildman–Crippen LogP) is 4.87. The van der Waals surface area contributed by atoms with Gasteiger partial charge in [-0.25, -0.2) is 0 Å². The van der Waals surface area contributed by atoms with Crippen molar-refractivity contribution in [2.75, 3.05) is 4.90 Å². The van der Waals surface area contributed by atoms with Gasteiger partial charge in [-0.1, -0.05) is 48.0 Å². The van der Waals surface area contributed by atoms with Crippen LogP contribution in [-0.4, -0.2) is 16.8 Å². The second-order valence-electron chi connectivity index (χ2n) is 6.48. The minimum Gasteiger partial charge on any atom is -0.507 e. The van der Waals surface area contributed by atoms with Crippen LogP contribution >= 0.6 is 11.6 Å². The molecule has 0 radical (unpaired) electrons. The van der Waals surface area contributed by atoms with E-state index in [1.807, 2.05) is 6.92 Å². The van der Waals surface area contributed by atoms with E-state index < -0.39 is 17.7 Å². The van der Waals surface area contributed by atoms with Crippen molar-refractivity contribution >= 4 is 34.7 Å². The first-order chi connectivity index (χ1) is 13.5. The van der Waals surface area contributed by atoms with Crippen LogP contribution in [0, 0.1) is 6.92 Å². The maximum atomic E-state index is 12.9. The molecule has 2 aromatic carbocycles. The lowest BCUT2D eigenvalue weighted by molar-refractivity contribution is -0.132. The van der Waals surface area contributed by atoms with E-state index in [1.54, 1.807) is 60.7 Å². The lowest BCUT2D eigenvalue weighted by Crippen LogP contribution is -2.29. The fourth-order valence-electron chi connectivity index (χ4n) is 3.30. The molecule has 1 aromatic heterocycles. The first-order valence-corrected chi connectivity index (χ1v) is 9.03. The van der Waals surface area contributed by atoms with Crippen LogP contribution in [0.3, 0.4) is 0 Å². The SMILES string of the molecule is Cc1ccc(N2C(=O)C(=O)/C(=C(\O)c3ccccc3)C2c2ccco2)cc1Cl. The van der Waals surface area contributed by atoms with Gasteiger partial charge in [0.2, 0.25) is 0 Å². The molecule has 1 aliphatic rings. The molecule has 140 valence electrons. The van der Waals surface area contributed by atoms with Crippen LogP contribution in [0.25, 0.3) is 5.76 Å². The van der Waals surface area contributed by atoms with Crippen LogP contribution in [0.5, 0.6) is 0 Å². The van der Waals surface area contributed by atoms with Crippen LogP contribution in [0.15, 0.2) is 76.9 Å². The Balaban J connectivity index is 1.93. The topological polar surface area (TPSA) is 70.8 Å². The smallest absolute Gasteiger partial charge is 0.300 e. The average molecular weight is 394 g/mol. The lowest BCUT2D eigenvalue weighted by atomic mass is 9.99. The van der Waals surface area contributed by atoms with Crippen molar-refractivity contribution in [1.82, 2.24) is 0 Å². The minimum absolute atomic E-state index is 0.0251. The summed E-state index contributed by atoms with van der Waals surface area (Å²) in [5.74, 6) is -1.41. The van der Waals surface area contributed by atoms with Gasteiger partial charge in [0.1, 0.15) is 17.6 Å². The normalized spacial score (nSPS) is 18.6. The number of hydrogen-bond donors (Lipinski definition) is 1. The number of hydrogen-bond acceptors (Lipinski definition) is 4. The monoisotopic (exact) mass is 393 g/mol. The van der Waals surface area contributed by atoms with Crippen molar-refractivity contribution in [3.05, 3.63) is 94.4 Å². The highest BCUT2D eigenvalue weighted by atomic mass is 35.5. The molecule has 1 N–H and O–H groups in total. The number of aliphatic hydroxyl groups is 1. The van der Waals surface area contributed by atoms with Gasteiger partial charge in [0.25, 0.3) is 11.7 Å². The quantitative estimate of drug-likeness (QED) is 0.391. The third-order valence-electron chi connectivity index (χ3n) is 4.74. The summed E-state index contributed by atoms with van der Waals surface area (Å²) in [5.41, 5.74) is 1.72. The molecular weight excluding hydrogens is 378 g/mol. The van der Waals surface area contributed by atoms with Crippen LogP contribution in [-0.2, 0) is 9.59 Å². The summed E-state index contributed by atoms with van der Waals surface area (Å²) in [7, 11) is 0. The Morgan fingerprint density at radius 3 is 2.46 bits per heavy atom. The van der Waals surface area contributed by atoms with Crippen molar-refractivity contribution in [2.45, 2.75) is 13.0 Å². The number of aryl methyl sites for hydroxylation is 1. The molecule has 1 saturated heterocycles. The Morgan fingerprint density at radius 2 is 1.82 bits per heavy atom. The molecule has 1 fully saturated rings. The van der Waals surface area contributed by atoms with E-state index in [0.29, 0.717) is 22.0 Å². The standard InChI is InChI=1S/C22H16ClNO4/c1-13-9-10-15(12-16(13)23)24-19(17-8-5-11-28-17)18(21(26)22(24)27)20(25)14-6-3-2-4-7-14/h2-12,19,25H,1H3/b20-18-. The molecule has 1 amide bonds. The maximum absolute atomic E-state index is 12.9. The number of carbonyl (C=O) groups is 2. The van der Waals surface area contributed by atoms with Gasteiger partial charge in [-0.2, -0.15) is 0 Å². The molecule has 4 rings (SSSR count). The molecule has 0 spiro atoms. The molecule has 28 heavy (non-hydrogen) atoms. The van der Waals surface area contributed by atoms with Crippen molar-refractivity contribution in [1.29, 1.82) is 0 Å². The number of ketones is 1. The largest absolute Gasteiger partial charge is 0.507 e. The Kier molecular flexibility index (Phi) is 4.53. The molecular formula is C22H16ClNO4. The molecule has 5 nitrogen and oxygen atoms in total. The third kappa shape index (κ3) is 2.90. The molecule has 1 atom stereocenters. The number of aliphatic hydroxyl groups excluding tert-OH is 1. The first-order valence-electron chi connectivity index (χ1n) is 8.65. The van der Waals surface area contributed by atoms with Crippen molar-refractivity contribution in [3.63, 3.8) is 0 Å². The Morgan fingerprint density at radius 1 is 1.07 bits per heavy atom. The summed E-state index contributed by atoms with van der Waals surface area (Å²) in [6, 6.07) is 16.2. The van der Waals surface area contributed by atoms with Crippen LogP contribution < -0.4 is 4.90 Å². The molecule has 2 heterocycles. The molecule has 0 saturated carbocycles. The van der Waals surface area contributed by atoms with E-state index in [2.05, 4.69) is 0 Å². The fraction of sp³-hybridized carbons (Fsp3) is 0.0909. The van der Waals surface area contributed by atoms with Gasteiger partial charge in [0, 0.05) is 16.3 Å². The summed E-state index contributed by atoms with van der Waals surface area (Å²) in [6.45, 7) is 1.85. The number of anilines is 1. The van der Waals surface area contributed by atoms with Gasteiger partial charge in [-0.15, -0.1) is 0 Å². The van der Waals surface area contributed by atoms with Crippen molar-refractivity contribution < 1.29 is 19.1 Å². The molecule has 0 bridgehead atoms. The van der Waals surface area contributed by atoms with Gasteiger partial charge in [0.05, 0.1) is 11.8 Å². The second-order valence-corrected chi connectivity index (χ2v) is 6.89. The number of halogens is 1. The van der Waals surface area contributed by atoms with Crippen LogP contribution in [0.4, 0.5) is 5.69 Å². The fourth-order valence-corrected chi connectivity index (χ4v) is 3.47. The molecule has 3 aromatic rings. The van der Waals surface area contributed by atoms with E-state index in [1.165, 1.54) is 11.2 Å². The highest BCUT2D eigenvalue weighted by Crippen LogP contribution is 2.42. The summed E-state index contributed by atoms with van der Waals surface area (Å²) < 4.78 is 5.51. The summed E-state index contributed by atoms with van der Waals surface area (Å²) >= 11 is 6.24. The molecule has 6 heteroatoms. The van der Waals surface area contributed by atoms with Gasteiger partial charge < -0.3 is 9.52 Å². The number of carbonyl (C=O) groups excluding carboxylic acids is 2. The average Bonchev–Trinajstić information content (AvgIpc) is 3.32. The molecule has 1 aliphatic heterocycles. The predicted molar refractivity (Wildman–Crippen MR) is 106 cm³/mol. The zero-order valence-electron chi connectivity index (χ0n) is 14.9. The van der Waals surface area contributed by atoms with E-state index in [9.17, 15) is 14.7 Å². The highest BCUT2D eigenvalue weighted by Gasteiger charge is 2.48. The van der Waals surface area contributed by atoms with Gasteiger partial charge in [-0.05, 0) is 36.8 Å². The number of benzene rings is 2. The number of rotatable bonds is 3. The Bertz CT molecular complexity index is 1090. The summed E-state index contributed by atoms with van der Waals surface area (Å²) in [6.07, 6.45) is 1.46. The van der Waals surface area contributed by atoms with Crippen LogP contribution in [0.1, 0.15) is 22.9 Å². The van der Waals surface area contributed by atoms with Crippen LogP contribution in [0.2, 0.25) is 5.02 Å². The van der Waals surface area contributed by atoms with Gasteiger partial charge in [-0.3, -0.25) is 14.5 Å². The van der Waals surface area contributed by atoms with Gasteiger partial charge >= 0.3 is 0 Å². The number of nitrogens with zero attached hydrogens (tertiary/aromatic N) is 1. The zero-order valence-corrected chi connectivity index (χ0v) is 15.7. The van der Waals surface area contributed by atoms with Crippen molar-refractivity contribution in [3.8, 4) is 0 Å². The van der Waals surface area contributed by atoms with Gasteiger partial charge in [0.15, 0.2) is 0 Å². The van der Waals surface area contributed by atoms with E-state index in [-0.39, 0.29) is 11.3 Å². The Hall–Kier alpha value is -3.31. The maximum Gasteiger partial charge on any atom is 0.300 e. The second kappa shape index (κ2) is 7.02. The summed E-state index contributed by atoms with van der Waals surface area (Å²) in [5, 5.41) is 11.3.